The molecule has 1 rings (SSSR count). The molecule has 0 spiro atoms. The molecule has 0 saturated carbocycles. The summed E-state index contributed by atoms with van der Waals surface area (Å²) in [6, 6.07) is 0. The highest BCUT2D eigenvalue weighted by Crippen LogP contribution is 2.24. The van der Waals surface area contributed by atoms with Crippen LogP contribution in [0.2, 0.25) is 5.02 Å². The van der Waals surface area contributed by atoms with E-state index in [2.05, 4.69) is 5.10 Å². The van der Waals surface area contributed by atoms with Gasteiger partial charge in [0.1, 0.15) is 6.54 Å². The molecule has 0 aliphatic rings. The minimum Gasteiger partial charge on any atom is -0.262 e. The standard InChI is InChI=1S/C8H11ClF2N2/c1-5(2)8-6(9)3-12-13(8)4-7(10)11/h3,5,7H,4H2,1-2H3. The Hall–Kier alpha value is -0.640. The van der Waals surface area contributed by atoms with Gasteiger partial charge < -0.3 is 0 Å². The molecule has 1 aromatic rings. The van der Waals surface area contributed by atoms with Crippen LogP contribution in [0.25, 0.3) is 0 Å². The maximum Gasteiger partial charge on any atom is 0.257 e. The molecule has 0 radical (unpaired) electrons. The van der Waals surface area contributed by atoms with Crippen molar-refractivity contribution in [1.82, 2.24) is 9.78 Å². The Morgan fingerprint density at radius 2 is 2.15 bits per heavy atom. The first-order chi connectivity index (χ1) is 6.02. The van der Waals surface area contributed by atoms with Crippen LogP contribution in [0, 0.1) is 0 Å². The minimum absolute atomic E-state index is 0.105. The van der Waals surface area contributed by atoms with Gasteiger partial charge in [0.15, 0.2) is 0 Å². The molecular weight excluding hydrogens is 198 g/mol. The van der Waals surface area contributed by atoms with E-state index in [1.165, 1.54) is 10.9 Å². The first-order valence-electron chi connectivity index (χ1n) is 4.01. The molecule has 1 heterocycles. The van der Waals surface area contributed by atoms with E-state index < -0.39 is 6.43 Å². The van der Waals surface area contributed by atoms with Gasteiger partial charge in [-0.25, -0.2) is 8.78 Å². The Bertz CT molecular complexity index is 284. The van der Waals surface area contributed by atoms with Crippen molar-refractivity contribution < 1.29 is 8.78 Å². The molecular formula is C8H11ClF2N2. The molecule has 0 N–H and O–H groups in total. The third-order valence-electron chi connectivity index (χ3n) is 1.69. The van der Waals surface area contributed by atoms with Gasteiger partial charge in [0.25, 0.3) is 6.43 Å². The summed E-state index contributed by atoms with van der Waals surface area (Å²) in [6.45, 7) is 3.40. The van der Waals surface area contributed by atoms with Gasteiger partial charge in [-0.3, -0.25) is 4.68 Å². The number of halogens is 3. The largest absolute Gasteiger partial charge is 0.262 e. The van der Waals surface area contributed by atoms with E-state index in [1.807, 2.05) is 13.8 Å². The van der Waals surface area contributed by atoms with Gasteiger partial charge in [0, 0.05) is 0 Å². The average Bonchev–Trinajstić information content (AvgIpc) is 2.30. The Morgan fingerprint density at radius 3 is 2.62 bits per heavy atom. The lowest BCUT2D eigenvalue weighted by atomic mass is 10.1. The summed E-state index contributed by atoms with van der Waals surface area (Å²) in [5.74, 6) is 0.105. The third kappa shape index (κ3) is 2.40. The zero-order valence-corrected chi connectivity index (χ0v) is 8.22. The van der Waals surface area contributed by atoms with Crippen molar-refractivity contribution in [3.63, 3.8) is 0 Å². The van der Waals surface area contributed by atoms with Crippen LogP contribution in [-0.2, 0) is 6.54 Å². The van der Waals surface area contributed by atoms with Gasteiger partial charge in [-0.1, -0.05) is 25.4 Å². The van der Waals surface area contributed by atoms with Crippen LogP contribution < -0.4 is 0 Å². The normalized spacial score (nSPS) is 11.6. The molecule has 0 saturated heterocycles. The molecule has 0 aliphatic carbocycles. The lowest BCUT2D eigenvalue weighted by Crippen LogP contribution is -2.12. The van der Waals surface area contributed by atoms with Crippen molar-refractivity contribution in [2.75, 3.05) is 0 Å². The number of hydrogen-bond acceptors (Lipinski definition) is 1. The maximum absolute atomic E-state index is 12.1. The van der Waals surface area contributed by atoms with E-state index >= 15 is 0 Å². The predicted octanol–water partition coefficient (Wildman–Crippen LogP) is 2.93. The highest BCUT2D eigenvalue weighted by Gasteiger charge is 2.15. The number of nitrogens with zero attached hydrogens (tertiary/aromatic N) is 2. The van der Waals surface area contributed by atoms with Gasteiger partial charge >= 0.3 is 0 Å². The SMILES string of the molecule is CC(C)c1c(Cl)cnn1CC(F)F. The summed E-state index contributed by atoms with van der Waals surface area (Å²) in [4.78, 5) is 0. The molecule has 0 fully saturated rings. The molecule has 5 heteroatoms. The van der Waals surface area contributed by atoms with Crippen LogP contribution in [-0.4, -0.2) is 16.2 Å². The molecule has 0 unspecified atom stereocenters. The highest BCUT2D eigenvalue weighted by atomic mass is 35.5. The zero-order chi connectivity index (χ0) is 10.0. The smallest absolute Gasteiger partial charge is 0.257 e. The number of alkyl halides is 2. The average molecular weight is 209 g/mol. The van der Waals surface area contributed by atoms with E-state index in [-0.39, 0.29) is 12.5 Å². The first kappa shape index (κ1) is 10.4. The maximum atomic E-state index is 12.1. The molecule has 74 valence electrons. The van der Waals surface area contributed by atoms with Crippen LogP contribution in [0.5, 0.6) is 0 Å². The molecule has 13 heavy (non-hydrogen) atoms. The molecule has 0 atom stereocenters. The lowest BCUT2D eigenvalue weighted by molar-refractivity contribution is 0.120. The van der Waals surface area contributed by atoms with Crippen molar-refractivity contribution in [2.45, 2.75) is 32.7 Å². The van der Waals surface area contributed by atoms with E-state index in [4.69, 9.17) is 11.6 Å². The number of rotatable bonds is 3. The molecule has 1 aromatic heterocycles. The Labute approximate surface area is 80.5 Å². The minimum atomic E-state index is -2.39. The monoisotopic (exact) mass is 208 g/mol. The quantitative estimate of drug-likeness (QED) is 0.747. The fraction of sp³-hybridized carbons (Fsp3) is 0.625. The van der Waals surface area contributed by atoms with Gasteiger partial charge in [-0.05, 0) is 5.92 Å². The molecule has 2 nitrogen and oxygen atoms in total. The fourth-order valence-corrected chi connectivity index (χ4v) is 1.58. The van der Waals surface area contributed by atoms with Crippen LogP contribution in [0.4, 0.5) is 8.78 Å². The zero-order valence-electron chi connectivity index (χ0n) is 7.47. The second kappa shape index (κ2) is 4.05. The molecule has 0 aliphatic heterocycles. The second-order valence-electron chi connectivity index (χ2n) is 3.11. The van der Waals surface area contributed by atoms with Crippen LogP contribution >= 0.6 is 11.6 Å². The van der Waals surface area contributed by atoms with Crippen molar-refractivity contribution in [3.8, 4) is 0 Å². The van der Waals surface area contributed by atoms with E-state index in [1.54, 1.807) is 0 Å². The van der Waals surface area contributed by atoms with E-state index in [0.29, 0.717) is 10.7 Å². The summed E-state index contributed by atoms with van der Waals surface area (Å²) >= 11 is 5.80. The Kier molecular flexibility index (Phi) is 3.25. The van der Waals surface area contributed by atoms with Crippen LogP contribution in [0.15, 0.2) is 6.20 Å². The lowest BCUT2D eigenvalue weighted by Gasteiger charge is -2.09. The Morgan fingerprint density at radius 1 is 1.54 bits per heavy atom. The third-order valence-corrected chi connectivity index (χ3v) is 1.98. The number of hydrogen-bond donors (Lipinski definition) is 0. The van der Waals surface area contributed by atoms with E-state index in [0.717, 1.165) is 0 Å². The van der Waals surface area contributed by atoms with Crippen molar-refractivity contribution >= 4 is 11.6 Å². The molecule has 0 aromatic carbocycles. The highest BCUT2D eigenvalue weighted by molar-refractivity contribution is 6.31. The van der Waals surface area contributed by atoms with Gasteiger partial charge in [0.2, 0.25) is 0 Å². The summed E-state index contributed by atoms with van der Waals surface area (Å²) in [7, 11) is 0. The number of aromatic nitrogens is 2. The Balaban J connectivity index is 2.94. The predicted molar refractivity (Wildman–Crippen MR) is 47.3 cm³/mol. The van der Waals surface area contributed by atoms with Crippen molar-refractivity contribution in [2.24, 2.45) is 0 Å². The summed E-state index contributed by atoms with van der Waals surface area (Å²) in [5.41, 5.74) is 0.668. The van der Waals surface area contributed by atoms with Crippen LogP contribution in [0.3, 0.4) is 0 Å². The topological polar surface area (TPSA) is 17.8 Å². The fourth-order valence-electron chi connectivity index (χ4n) is 1.22. The molecule has 0 amide bonds. The van der Waals surface area contributed by atoms with Gasteiger partial charge in [-0.2, -0.15) is 5.10 Å². The van der Waals surface area contributed by atoms with E-state index in [9.17, 15) is 8.78 Å². The second-order valence-corrected chi connectivity index (χ2v) is 3.51. The van der Waals surface area contributed by atoms with Gasteiger partial charge in [-0.15, -0.1) is 0 Å². The summed E-state index contributed by atoms with van der Waals surface area (Å²) < 4.78 is 25.4. The first-order valence-corrected chi connectivity index (χ1v) is 4.39. The summed E-state index contributed by atoms with van der Waals surface area (Å²) in [6.07, 6.45) is -0.993. The molecule has 0 bridgehead atoms. The summed E-state index contributed by atoms with van der Waals surface area (Å²) in [5, 5.41) is 4.24. The van der Waals surface area contributed by atoms with Crippen LogP contribution in [0.1, 0.15) is 25.5 Å². The van der Waals surface area contributed by atoms with Gasteiger partial charge in [0.05, 0.1) is 16.9 Å². The van der Waals surface area contributed by atoms with Crippen molar-refractivity contribution in [3.05, 3.63) is 16.9 Å². The van der Waals surface area contributed by atoms with Crippen molar-refractivity contribution in [1.29, 1.82) is 0 Å².